The molecule has 0 aromatic carbocycles. The van der Waals surface area contributed by atoms with Crippen LogP contribution >= 0.6 is 11.3 Å². The van der Waals surface area contributed by atoms with Gasteiger partial charge in [0.2, 0.25) is 10.0 Å². The van der Waals surface area contributed by atoms with Crippen molar-refractivity contribution in [1.29, 1.82) is 0 Å². The number of amides is 1. The molecule has 1 aliphatic rings. The summed E-state index contributed by atoms with van der Waals surface area (Å²) in [6, 6.07) is 1.61. The molecule has 0 unspecified atom stereocenters. The van der Waals surface area contributed by atoms with Crippen LogP contribution in [0.3, 0.4) is 0 Å². The number of carbonyl (C=O) groups is 1. The van der Waals surface area contributed by atoms with Gasteiger partial charge in [-0.15, -0.1) is 11.3 Å². The molecule has 1 amide bonds. The fourth-order valence-electron chi connectivity index (χ4n) is 2.58. The highest BCUT2D eigenvalue weighted by atomic mass is 32.2. The third-order valence-corrected chi connectivity index (χ3v) is 6.34. The fourth-order valence-corrected chi connectivity index (χ4v) is 4.16. The van der Waals surface area contributed by atoms with E-state index in [2.05, 4.69) is 6.92 Å². The number of hydrogen-bond acceptors (Lipinski definition) is 4. The number of nitrogens with zero attached hydrogens (tertiary/aromatic N) is 1. The first-order chi connectivity index (χ1) is 9.29. The van der Waals surface area contributed by atoms with Crippen molar-refractivity contribution in [3.8, 4) is 0 Å². The van der Waals surface area contributed by atoms with Gasteiger partial charge in [0.25, 0.3) is 5.91 Å². The van der Waals surface area contributed by atoms with Crippen LogP contribution in [0.5, 0.6) is 0 Å². The van der Waals surface area contributed by atoms with Crippen LogP contribution in [-0.2, 0) is 10.0 Å². The lowest BCUT2D eigenvalue weighted by molar-refractivity contribution is 0.0680. The van der Waals surface area contributed by atoms with E-state index in [-0.39, 0.29) is 16.2 Å². The van der Waals surface area contributed by atoms with Gasteiger partial charge in [0.1, 0.15) is 4.21 Å². The zero-order valence-corrected chi connectivity index (χ0v) is 13.3. The van der Waals surface area contributed by atoms with Crippen molar-refractivity contribution in [2.45, 2.75) is 42.9 Å². The summed E-state index contributed by atoms with van der Waals surface area (Å²) in [6.07, 6.45) is 4.29. The normalized spacial score (nSPS) is 23.6. The molecule has 1 saturated carbocycles. The highest BCUT2D eigenvalue weighted by molar-refractivity contribution is 7.91. The number of primary sulfonamides is 1. The van der Waals surface area contributed by atoms with Crippen LogP contribution in [0.1, 0.15) is 43.0 Å². The van der Waals surface area contributed by atoms with Crippen molar-refractivity contribution >= 4 is 27.3 Å². The zero-order valence-electron chi connectivity index (χ0n) is 11.7. The first-order valence-corrected chi connectivity index (χ1v) is 9.10. The zero-order chi connectivity index (χ0) is 14.9. The topological polar surface area (TPSA) is 80.5 Å². The average Bonchev–Trinajstić information content (AvgIpc) is 2.87. The van der Waals surface area contributed by atoms with Crippen molar-refractivity contribution in [2.75, 3.05) is 7.05 Å². The van der Waals surface area contributed by atoms with Crippen LogP contribution in [0, 0.1) is 5.92 Å². The predicted molar refractivity (Wildman–Crippen MR) is 79.2 cm³/mol. The van der Waals surface area contributed by atoms with Gasteiger partial charge in [0, 0.05) is 18.5 Å². The quantitative estimate of drug-likeness (QED) is 0.926. The molecule has 1 heterocycles. The van der Waals surface area contributed by atoms with Crippen LogP contribution in [0.4, 0.5) is 0 Å². The standard InChI is InChI=1S/C13H20N2O3S2/c1-9-3-5-11(6-4-9)15(2)13(16)10-7-12(19-8-10)20(14,17)18/h7-9,11H,3-6H2,1-2H3,(H2,14,17,18). The van der Waals surface area contributed by atoms with E-state index in [1.807, 2.05) is 0 Å². The van der Waals surface area contributed by atoms with Crippen molar-refractivity contribution in [3.05, 3.63) is 17.0 Å². The van der Waals surface area contributed by atoms with Crippen molar-refractivity contribution in [1.82, 2.24) is 4.90 Å². The van der Waals surface area contributed by atoms with Crippen LogP contribution in [0.2, 0.25) is 0 Å². The maximum Gasteiger partial charge on any atom is 0.254 e. The molecule has 112 valence electrons. The number of carbonyl (C=O) groups excluding carboxylic acids is 1. The molecule has 5 nitrogen and oxygen atoms in total. The van der Waals surface area contributed by atoms with Gasteiger partial charge in [-0.2, -0.15) is 0 Å². The molecule has 1 aromatic rings. The molecule has 1 aliphatic carbocycles. The Morgan fingerprint density at radius 1 is 1.35 bits per heavy atom. The molecular formula is C13H20N2O3S2. The Kier molecular flexibility index (Phi) is 4.51. The van der Waals surface area contributed by atoms with E-state index in [0.717, 1.165) is 42.9 Å². The summed E-state index contributed by atoms with van der Waals surface area (Å²) in [7, 11) is -1.94. The molecule has 20 heavy (non-hydrogen) atoms. The summed E-state index contributed by atoms with van der Waals surface area (Å²) in [4.78, 5) is 14.1. The lowest BCUT2D eigenvalue weighted by Crippen LogP contribution is -2.39. The van der Waals surface area contributed by atoms with Gasteiger partial charge < -0.3 is 4.90 Å². The van der Waals surface area contributed by atoms with Crippen LogP contribution in [0.15, 0.2) is 15.7 Å². The van der Waals surface area contributed by atoms with Gasteiger partial charge in [-0.1, -0.05) is 6.92 Å². The van der Waals surface area contributed by atoms with Crippen molar-refractivity contribution in [3.63, 3.8) is 0 Å². The second-order valence-electron chi connectivity index (χ2n) is 5.53. The second-order valence-corrected chi connectivity index (χ2v) is 8.23. The van der Waals surface area contributed by atoms with Gasteiger partial charge >= 0.3 is 0 Å². The highest BCUT2D eigenvalue weighted by Crippen LogP contribution is 2.28. The largest absolute Gasteiger partial charge is 0.339 e. The molecule has 2 N–H and O–H groups in total. The lowest BCUT2D eigenvalue weighted by atomic mass is 9.86. The predicted octanol–water partition coefficient (Wildman–Crippen LogP) is 2.05. The average molecular weight is 316 g/mol. The Morgan fingerprint density at radius 2 is 1.95 bits per heavy atom. The molecule has 0 saturated heterocycles. The van der Waals surface area contributed by atoms with Gasteiger partial charge in [-0.25, -0.2) is 13.6 Å². The van der Waals surface area contributed by atoms with E-state index in [4.69, 9.17) is 5.14 Å². The molecule has 0 aliphatic heterocycles. The maximum absolute atomic E-state index is 12.4. The van der Waals surface area contributed by atoms with E-state index in [1.54, 1.807) is 17.3 Å². The number of sulfonamides is 1. The van der Waals surface area contributed by atoms with E-state index in [1.165, 1.54) is 6.07 Å². The molecule has 7 heteroatoms. The van der Waals surface area contributed by atoms with E-state index >= 15 is 0 Å². The third kappa shape index (κ3) is 3.39. The number of thiophene rings is 1. The highest BCUT2D eigenvalue weighted by Gasteiger charge is 2.26. The summed E-state index contributed by atoms with van der Waals surface area (Å²) >= 11 is 0.989. The maximum atomic E-state index is 12.4. The van der Waals surface area contributed by atoms with E-state index < -0.39 is 10.0 Å². The molecule has 0 radical (unpaired) electrons. The monoisotopic (exact) mass is 316 g/mol. The minimum Gasteiger partial charge on any atom is -0.339 e. The Labute approximate surface area is 123 Å². The third-order valence-electron chi connectivity index (χ3n) is 3.96. The summed E-state index contributed by atoms with van der Waals surface area (Å²) < 4.78 is 22.5. The summed E-state index contributed by atoms with van der Waals surface area (Å²) in [5.41, 5.74) is 0.403. The Morgan fingerprint density at radius 3 is 2.45 bits per heavy atom. The molecule has 0 atom stereocenters. The second kappa shape index (κ2) is 5.83. The summed E-state index contributed by atoms with van der Waals surface area (Å²) in [6.45, 7) is 2.23. The molecule has 0 spiro atoms. The van der Waals surface area contributed by atoms with Gasteiger partial charge in [0.15, 0.2) is 0 Å². The molecule has 0 bridgehead atoms. The molecular weight excluding hydrogens is 296 g/mol. The Hall–Kier alpha value is -0.920. The van der Waals surface area contributed by atoms with Crippen LogP contribution in [0.25, 0.3) is 0 Å². The van der Waals surface area contributed by atoms with Crippen LogP contribution < -0.4 is 5.14 Å². The first kappa shape index (κ1) is 15.5. The summed E-state index contributed by atoms with van der Waals surface area (Å²) in [5.74, 6) is 0.598. The smallest absolute Gasteiger partial charge is 0.254 e. The Bertz CT molecular complexity index is 587. The minimum absolute atomic E-state index is 0.0338. The van der Waals surface area contributed by atoms with Crippen molar-refractivity contribution in [2.24, 2.45) is 11.1 Å². The number of hydrogen-bond donors (Lipinski definition) is 1. The van der Waals surface area contributed by atoms with E-state index in [0.29, 0.717) is 5.56 Å². The lowest BCUT2D eigenvalue weighted by Gasteiger charge is -2.33. The SMILES string of the molecule is CC1CCC(N(C)C(=O)c2csc(S(N)(=O)=O)c2)CC1. The fraction of sp³-hybridized carbons (Fsp3) is 0.615. The molecule has 1 aromatic heterocycles. The Balaban J connectivity index is 2.09. The van der Waals surface area contributed by atoms with Crippen LogP contribution in [-0.4, -0.2) is 32.3 Å². The summed E-state index contributed by atoms with van der Waals surface area (Å²) in [5, 5.41) is 6.62. The molecule has 2 rings (SSSR count). The van der Waals surface area contributed by atoms with Gasteiger partial charge in [0.05, 0.1) is 5.56 Å². The van der Waals surface area contributed by atoms with Crippen molar-refractivity contribution < 1.29 is 13.2 Å². The first-order valence-electron chi connectivity index (χ1n) is 6.67. The van der Waals surface area contributed by atoms with Gasteiger partial charge in [-0.3, -0.25) is 4.79 Å². The minimum atomic E-state index is -3.73. The van der Waals surface area contributed by atoms with Gasteiger partial charge in [-0.05, 0) is 37.7 Å². The number of nitrogens with two attached hydrogens (primary N) is 1. The van der Waals surface area contributed by atoms with E-state index in [9.17, 15) is 13.2 Å². The molecule has 1 fully saturated rings. The number of rotatable bonds is 3.